The number of ketones is 1. The van der Waals surface area contributed by atoms with E-state index in [4.69, 9.17) is 37.3 Å². The molecule has 3 aromatic carbocycles. The summed E-state index contributed by atoms with van der Waals surface area (Å²) >= 11 is 0. The number of hydrogen-bond donors (Lipinski definition) is 0. The van der Waals surface area contributed by atoms with Crippen LogP contribution < -0.4 is 0 Å². The molecule has 1 unspecified atom stereocenters. The van der Waals surface area contributed by atoms with Crippen molar-refractivity contribution >= 4 is 25.5 Å². The van der Waals surface area contributed by atoms with E-state index in [1.165, 1.54) is 0 Å². The molecule has 0 radical (unpaired) electrons. The molecule has 56 heavy (non-hydrogen) atoms. The Morgan fingerprint density at radius 3 is 1.73 bits per heavy atom. The van der Waals surface area contributed by atoms with Gasteiger partial charge in [-0.2, -0.15) is 0 Å². The van der Waals surface area contributed by atoms with Gasteiger partial charge in [0.25, 0.3) is 0 Å². The van der Waals surface area contributed by atoms with E-state index < -0.39 is 55.9 Å². The summed E-state index contributed by atoms with van der Waals surface area (Å²) < 4.78 is 63.4. The van der Waals surface area contributed by atoms with Crippen molar-refractivity contribution in [2.75, 3.05) is 19.8 Å². The Kier molecular flexibility index (Phi) is 18.4. The highest BCUT2D eigenvalue weighted by atomic mass is 31.2. The SMILES string of the molecule is CCCCOP(=O)(OCCCC)OC1O[C@H](COC(=O)CCC(=O)c2ccccc2)[C@@H](OCc2ccccc2)[C@H](OCc2ccccc2)[C@H]1OC(=O)C(C)(C)C. The fourth-order valence-electron chi connectivity index (χ4n) is 5.55. The third kappa shape index (κ3) is 14.6. The maximum absolute atomic E-state index is 14.3. The van der Waals surface area contributed by atoms with Gasteiger partial charge >= 0.3 is 19.8 Å². The molecule has 12 nitrogen and oxygen atoms in total. The lowest BCUT2D eigenvalue weighted by atomic mass is 9.95. The van der Waals surface area contributed by atoms with E-state index >= 15 is 0 Å². The number of esters is 2. The molecule has 1 heterocycles. The second kappa shape index (κ2) is 22.9. The van der Waals surface area contributed by atoms with E-state index in [2.05, 4.69) is 0 Å². The van der Waals surface area contributed by atoms with E-state index in [-0.39, 0.29) is 51.7 Å². The van der Waals surface area contributed by atoms with Gasteiger partial charge in [-0.05, 0) is 44.7 Å². The minimum atomic E-state index is -4.33. The van der Waals surface area contributed by atoms with Crippen molar-refractivity contribution in [2.24, 2.45) is 5.41 Å². The standard InChI is InChI=1S/C43H57O12P/c1-6-8-27-51-56(47,52-28-9-7-2)55-41-40(54-42(46)43(3,4)5)39(50-30-33-21-15-11-16-22-33)38(49-29-32-19-13-10-14-20-32)36(53-41)31-48-37(45)26-25-35(44)34-23-17-12-18-24-34/h10-24,36,38-41H,6-9,25-31H2,1-5H3/t36-,38-,39+,40-,41?/m1/s1. The number of phosphoric acid groups is 1. The van der Waals surface area contributed by atoms with Crippen molar-refractivity contribution < 1.29 is 56.2 Å². The molecule has 0 aliphatic carbocycles. The molecule has 0 aromatic heterocycles. The van der Waals surface area contributed by atoms with Gasteiger partial charge < -0.3 is 23.7 Å². The van der Waals surface area contributed by atoms with Crippen molar-refractivity contribution in [1.29, 1.82) is 0 Å². The number of hydrogen-bond acceptors (Lipinski definition) is 12. The monoisotopic (exact) mass is 796 g/mol. The summed E-state index contributed by atoms with van der Waals surface area (Å²) in [5.41, 5.74) is 1.19. The molecule has 13 heteroatoms. The largest absolute Gasteiger partial charge is 0.477 e. The predicted molar refractivity (Wildman–Crippen MR) is 209 cm³/mol. The van der Waals surface area contributed by atoms with Crippen LogP contribution in [0, 0.1) is 5.41 Å². The summed E-state index contributed by atoms with van der Waals surface area (Å²) in [6, 6.07) is 27.5. The first-order chi connectivity index (χ1) is 26.9. The molecular weight excluding hydrogens is 739 g/mol. The fraction of sp³-hybridized carbons (Fsp3) is 0.512. The van der Waals surface area contributed by atoms with Crippen LogP contribution in [0.3, 0.4) is 0 Å². The Hall–Kier alpha value is -3.74. The molecule has 0 N–H and O–H groups in total. The number of carbonyl (C=O) groups excluding carboxylic acids is 3. The Labute approximate surface area is 331 Å². The van der Waals surface area contributed by atoms with Gasteiger partial charge in [0.1, 0.15) is 24.9 Å². The van der Waals surface area contributed by atoms with Crippen LogP contribution in [-0.4, -0.2) is 68.2 Å². The molecule has 1 fully saturated rings. The fourth-order valence-corrected chi connectivity index (χ4v) is 6.87. The molecule has 4 rings (SSSR count). The molecule has 0 amide bonds. The van der Waals surface area contributed by atoms with Gasteiger partial charge in [0.2, 0.25) is 6.29 Å². The third-order valence-electron chi connectivity index (χ3n) is 8.81. The molecule has 306 valence electrons. The number of benzene rings is 3. The van der Waals surface area contributed by atoms with Crippen molar-refractivity contribution in [3.05, 3.63) is 108 Å². The lowest BCUT2D eigenvalue weighted by Gasteiger charge is -2.45. The van der Waals surface area contributed by atoms with Crippen molar-refractivity contribution in [2.45, 2.75) is 117 Å². The zero-order valence-electron chi connectivity index (χ0n) is 33.2. The van der Waals surface area contributed by atoms with Crippen LogP contribution in [0.1, 0.15) is 94.6 Å². The Morgan fingerprint density at radius 1 is 0.696 bits per heavy atom. The third-order valence-corrected chi connectivity index (χ3v) is 10.3. The average molecular weight is 797 g/mol. The van der Waals surface area contributed by atoms with E-state index in [1.54, 1.807) is 45.0 Å². The number of phosphoric ester groups is 1. The topological polar surface area (TPSA) is 142 Å². The summed E-state index contributed by atoms with van der Waals surface area (Å²) in [6.45, 7) is 9.01. The Balaban J connectivity index is 1.70. The molecular formula is C43H57O12P. The van der Waals surface area contributed by atoms with Crippen LogP contribution in [0.25, 0.3) is 0 Å². The Bertz CT molecular complexity index is 1650. The van der Waals surface area contributed by atoms with Crippen LogP contribution in [0.5, 0.6) is 0 Å². The zero-order chi connectivity index (χ0) is 40.4. The van der Waals surface area contributed by atoms with E-state index in [9.17, 15) is 18.9 Å². The number of ether oxygens (including phenoxy) is 5. The van der Waals surface area contributed by atoms with Crippen LogP contribution in [-0.2, 0) is 64.6 Å². The van der Waals surface area contributed by atoms with Crippen LogP contribution in [0.4, 0.5) is 0 Å². The molecule has 0 saturated carbocycles. The summed E-state index contributed by atoms with van der Waals surface area (Å²) in [4.78, 5) is 39.5. The second-order valence-electron chi connectivity index (χ2n) is 14.6. The lowest BCUT2D eigenvalue weighted by Crippen LogP contribution is -2.62. The summed E-state index contributed by atoms with van der Waals surface area (Å²) in [5.74, 6) is -1.44. The van der Waals surface area contributed by atoms with Gasteiger partial charge in [0, 0.05) is 12.0 Å². The van der Waals surface area contributed by atoms with E-state index in [1.807, 2.05) is 80.6 Å². The van der Waals surface area contributed by atoms with Crippen LogP contribution >= 0.6 is 7.82 Å². The summed E-state index contributed by atoms with van der Waals surface area (Å²) in [6.07, 6.45) is -3.68. The quantitative estimate of drug-likeness (QED) is 0.0392. The minimum absolute atomic E-state index is 0.0605. The maximum Gasteiger partial charge on any atom is 0.477 e. The van der Waals surface area contributed by atoms with Gasteiger partial charge in [0.05, 0.1) is 38.3 Å². The van der Waals surface area contributed by atoms with Crippen molar-refractivity contribution in [1.82, 2.24) is 0 Å². The summed E-state index contributed by atoms with van der Waals surface area (Å²) in [5, 5.41) is 0. The lowest BCUT2D eigenvalue weighted by molar-refractivity contribution is -0.305. The molecule has 1 saturated heterocycles. The first-order valence-corrected chi connectivity index (χ1v) is 20.9. The van der Waals surface area contributed by atoms with Gasteiger partial charge in [-0.3, -0.25) is 28.0 Å². The maximum atomic E-state index is 14.3. The van der Waals surface area contributed by atoms with Crippen molar-refractivity contribution in [3.63, 3.8) is 0 Å². The van der Waals surface area contributed by atoms with Gasteiger partial charge in [-0.1, -0.05) is 118 Å². The highest BCUT2D eigenvalue weighted by Crippen LogP contribution is 2.53. The highest BCUT2D eigenvalue weighted by molar-refractivity contribution is 7.48. The van der Waals surface area contributed by atoms with Crippen molar-refractivity contribution in [3.8, 4) is 0 Å². The molecule has 1 aliphatic heterocycles. The molecule has 3 aromatic rings. The Morgan fingerprint density at radius 2 is 1.21 bits per heavy atom. The van der Waals surface area contributed by atoms with Gasteiger partial charge in [-0.15, -0.1) is 0 Å². The molecule has 5 atom stereocenters. The predicted octanol–water partition coefficient (Wildman–Crippen LogP) is 8.80. The van der Waals surface area contributed by atoms with Crippen LogP contribution in [0.2, 0.25) is 0 Å². The highest BCUT2D eigenvalue weighted by Gasteiger charge is 2.53. The number of carbonyl (C=O) groups is 3. The molecule has 1 aliphatic rings. The minimum Gasteiger partial charge on any atom is -0.463 e. The second-order valence-corrected chi connectivity index (χ2v) is 16.2. The number of Topliss-reactive ketones (excluding diaryl/α,β-unsaturated/α-hetero) is 1. The first-order valence-electron chi connectivity index (χ1n) is 19.4. The smallest absolute Gasteiger partial charge is 0.463 e. The number of rotatable bonds is 23. The first kappa shape index (κ1) is 45.0. The van der Waals surface area contributed by atoms with Gasteiger partial charge in [0.15, 0.2) is 11.9 Å². The normalized spacial score (nSPS) is 20.0. The average Bonchev–Trinajstić information content (AvgIpc) is 3.19. The van der Waals surface area contributed by atoms with E-state index in [0.29, 0.717) is 18.4 Å². The van der Waals surface area contributed by atoms with E-state index in [0.717, 1.165) is 24.0 Å². The molecule has 0 bridgehead atoms. The summed E-state index contributed by atoms with van der Waals surface area (Å²) in [7, 11) is -4.33. The zero-order valence-corrected chi connectivity index (χ0v) is 34.1. The molecule has 0 spiro atoms. The van der Waals surface area contributed by atoms with Gasteiger partial charge in [-0.25, -0.2) is 4.57 Å². The van der Waals surface area contributed by atoms with Crippen LogP contribution in [0.15, 0.2) is 91.0 Å². The number of unbranched alkanes of at least 4 members (excludes halogenated alkanes) is 2.